The van der Waals surface area contributed by atoms with Crippen LogP contribution in [0.1, 0.15) is 36.1 Å². The first-order chi connectivity index (χ1) is 20.7. The van der Waals surface area contributed by atoms with Gasteiger partial charge in [-0.3, -0.25) is 19.7 Å². The fourth-order valence-corrected chi connectivity index (χ4v) is 4.58. The van der Waals surface area contributed by atoms with Gasteiger partial charge < -0.3 is 20.1 Å². The Kier molecular flexibility index (Phi) is 9.89. The average Bonchev–Trinajstić information content (AvgIpc) is 3.24. The highest BCUT2D eigenvalue weighted by molar-refractivity contribution is 6.16. The van der Waals surface area contributed by atoms with Crippen LogP contribution in [0.3, 0.4) is 0 Å². The van der Waals surface area contributed by atoms with Crippen LogP contribution in [0.4, 0.5) is 16.2 Å². The largest absolute Gasteiger partial charge is 0.490 e. The van der Waals surface area contributed by atoms with Crippen molar-refractivity contribution in [3.05, 3.63) is 111 Å². The lowest BCUT2D eigenvalue weighted by Gasteiger charge is -2.17. The van der Waals surface area contributed by atoms with Gasteiger partial charge in [0.25, 0.3) is 11.6 Å². The predicted octanol–water partition coefficient (Wildman–Crippen LogP) is 5.39. The fraction of sp³-hybridized carbons (Fsp3) is 0.219. The Balaban J connectivity index is 1.55. The summed E-state index contributed by atoms with van der Waals surface area (Å²) < 4.78 is 11.9. The average molecular weight is 585 g/mol. The zero-order valence-corrected chi connectivity index (χ0v) is 23.9. The van der Waals surface area contributed by atoms with Gasteiger partial charge in [0.05, 0.1) is 11.5 Å². The monoisotopic (exact) mass is 584 g/mol. The molecule has 11 nitrogen and oxygen atoms in total. The summed E-state index contributed by atoms with van der Waals surface area (Å²) in [5.74, 6) is -0.314. The highest BCUT2D eigenvalue weighted by Crippen LogP contribution is 2.35. The van der Waals surface area contributed by atoms with E-state index in [0.29, 0.717) is 53.3 Å². The number of allylic oxidation sites excluding steroid dienone is 1. The van der Waals surface area contributed by atoms with E-state index in [2.05, 4.69) is 17.2 Å². The highest BCUT2D eigenvalue weighted by Gasteiger charge is 2.35. The Morgan fingerprint density at radius 1 is 1.07 bits per heavy atom. The summed E-state index contributed by atoms with van der Waals surface area (Å²) in [6.45, 7) is 7.52. The molecule has 0 atom stereocenters. The van der Waals surface area contributed by atoms with Crippen LogP contribution < -0.4 is 20.1 Å². The van der Waals surface area contributed by atoms with Gasteiger partial charge in [-0.25, -0.2) is 9.69 Å². The van der Waals surface area contributed by atoms with E-state index in [9.17, 15) is 24.5 Å². The Morgan fingerprint density at radius 2 is 1.86 bits per heavy atom. The number of benzene rings is 3. The maximum Gasteiger partial charge on any atom is 0.329 e. The third-order valence-electron chi connectivity index (χ3n) is 6.57. The van der Waals surface area contributed by atoms with Crippen molar-refractivity contribution < 1.29 is 28.8 Å². The minimum absolute atomic E-state index is 0.00373. The molecule has 1 aliphatic heterocycles. The molecule has 4 rings (SSSR count). The zero-order chi connectivity index (χ0) is 30.9. The number of ether oxygens (including phenoxy) is 2. The van der Waals surface area contributed by atoms with Crippen molar-refractivity contribution in [3.63, 3.8) is 0 Å². The van der Waals surface area contributed by atoms with E-state index >= 15 is 0 Å². The lowest BCUT2D eigenvalue weighted by atomic mass is 10.0. The normalized spacial score (nSPS) is 13.5. The number of amides is 4. The van der Waals surface area contributed by atoms with Gasteiger partial charge in [0.15, 0.2) is 11.5 Å². The number of carbonyl (C=O) groups excluding carboxylic acids is 3. The summed E-state index contributed by atoms with van der Waals surface area (Å²) in [7, 11) is 0. The Hall–Kier alpha value is -5.45. The Bertz CT molecular complexity index is 1600. The molecule has 0 saturated carbocycles. The maximum atomic E-state index is 13.1. The molecule has 0 aromatic heterocycles. The standard InChI is InChI=1S/C32H32N4O7/c1-4-10-24-15-22(18-28(42-6-3)30(24)43-20-21-11-9-13-25(16-21)36(40)41)17-27-31(38)35(32(39)34-27)19-29(37)33-26-14-8-7-12-23(26)5-2/h4,7-9,11-18H,1,5-6,10,19-20H2,2-3H3,(H,33,37)(H,34,39)/b27-17+. The van der Waals surface area contributed by atoms with Crippen molar-refractivity contribution in [2.45, 2.75) is 33.3 Å². The molecular formula is C32H32N4O7. The summed E-state index contributed by atoms with van der Waals surface area (Å²) in [6, 6.07) is 16.2. The first-order valence-corrected chi connectivity index (χ1v) is 13.7. The Morgan fingerprint density at radius 3 is 2.58 bits per heavy atom. The molecule has 43 heavy (non-hydrogen) atoms. The van der Waals surface area contributed by atoms with E-state index in [1.54, 1.807) is 42.5 Å². The molecule has 4 amide bonds. The quantitative estimate of drug-likeness (QED) is 0.0902. The van der Waals surface area contributed by atoms with Crippen LogP contribution in [0.2, 0.25) is 0 Å². The molecule has 1 fully saturated rings. The number of nitro groups is 1. The van der Waals surface area contributed by atoms with Gasteiger partial charge >= 0.3 is 6.03 Å². The van der Waals surface area contributed by atoms with E-state index in [1.165, 1.54) is 18.2 Å². The Labute approximate surface area is 248 Å². The molecule has 0 radical (unpaired) electrons. The van der Waals surface area contributed by atoms with Crippen LogP contribution in [-0.2, 0) is 29.0 Å². The summed E-state index contributed by atoms with van der Waals surface area (Å²) in [6.07, 6.45) is 4.29. The molecule has 222 valence electrons. The predicted molar refractivity (Wildman–Crippen MR) is 162 cm³/mol. The van der Waals surface area contributed by atoms with Crippen LogP contribution in [0.5, 0.6) is 11.5 Å². The van der Waals surface area contributed by atoms with Crippen LogP contribution in [-0.4, -0.2) is 40.8 Å². The number of hydrogen-bond donors (Lipinski definition) is 2. The van der Waals surface area contributed by atoms with Crippen LogP contribution in [0.25, 0.3) is 6.08 Å². The number of hydrogen-bond acceptors (Lipinski definition) is 7. The van der Waals surface area contributed by atoms with E-state index in [0.717, 1.165) is 10.5 Å². The van der Waals surface area contributed by atoms with E-state index in [-0.39, 0.29) is 18.0 Å². The first-order valence-electron chi connectivity index (χ1n) is 13.7. The molecule has 2 N–H and O–H groups in total. The van der Waals surface area contributed by atoms with Gasteiger partial charge in [-0.2, -0.15) is 0 Å². The second-order valence-electron chi connectivity index (χ2n) is 9.59. The maximum absolute atomic E-state index is 13.1. The van der Waals surface area contributed by atoms with E-state index in [4.69, 9.17) is 9.47 Å². The second-order valence-corrected chi connectivity index (χ2v) is 9.59. The molecule has 0 spiro atoms. The number of rotatable bonds is 13. The van der Waals surface area contributed by atoms with Crippen molar-refractivity contribution in [1.29, 1.82) is 0 Å². The summed E-state index contributed by atoms with van der Waals surface area (Å²) in [4.78, 5) is 50.0. The number of imide groups is 1. The van der Waals surface area contributed by atoms with Crippen LogP contribution >= 0.6 is 0 Å². The number of non-ortho nitro benzene ring substituents is 1. The number of anilines is 1. The van der Waals surface area contributed by atoms with Gasteiger partial charge in [0, 0.05) is 23.4 Å². The van der Waals surface area contributed by atoms with E-state index < -0.39 is 29.3 Å². The second kappa shape index (κ2) is 13.9. The number of urea groups is 1. The van der Waals surface area contributed by atoms with Gasteiger partial charge in [-0.1, -0.05) is 43.3 Å². The number of carbonyl (C=O) groups is 3. The first kappa shape index (κ1) is 30.5. The number of nitrogens with one attached hydrogen (secondary N) is 2. The van der Waals surface area contributed by atoms with E-state index in [1.807, 2.05) is 26.0 Å². The van der Waals surface area contributed by atoms with Crippen molar-refractivity contribution >= 4 is 35.3 Å². The minimum atomic E-state index is -0.705. The van der Waals surface area contributed by atoms with Gasteiger partial charge in [-0.05, 0) is 60.7 Å². The number of para-hydroxylation sites is 1. The molecule has 1 saturated heterocycles. The van der Waals surface area contributed by atoms with Crippen molar-refractivity contribution in [2.75, 3.05) is 18.5 Å². The lowest BCUT2D eigenvalue weighted by Crippen LogP contribution is -2.38. The van der Waals surface area contributed by atoms with Crippen LogP contribution in [0.15, 0.2) is 79.0 Å². The molecule has 0 aliphatic carbocycles. The molecular weight excluding hydrogens is 552 g/mol. The zero-order valence-electron chi connectivity index (χ0n) is 23.9. The van der Waals surface area contributed by atoms with Crippen LogP contribution in [0, 0.1) is 10.1 Å². The van der Waals surface area contributed by atoms with Crippen molar-refractivity contribution in [2.24, 2.45) is 0 Å². The molecule has 1 heterocycles. The minimum Gasteiger partial charge on any atom is -0.490 e. The molecule has 0 unspecified atom stereocenters. The molecule has 1 aliphatic rings. The number of nitro benzene ring substituents is 1. The SMILES string of the molecule is C=CCc1cc(/C=C2/NC(=O)N(CC(=O)Nc3ccccc3CC)C2=O)cc(OCC)c1OCc1cccc([N+](=O)[O-])c1. The smallest absolute Gasteiger partial charge is 0.329 e. The summed E-state index contributed by atoms with van der Waals surface area (Å²) in [5.41, 5.74) is 3.38. The number of aryl methyl sites for hydroxylation is 1. The fourth-order valence-electron chi connectivity index (χ4n) is 4.58. The summed E-state index contributed by atoms with van der Waals surface area (Å²) >= 11 is 0. The van der Waals surface area contributed by atoms with Gasteiger partial charge in [0.2, 0.25) is 5.91 Å². The molecule has 3 aromatic carbocycles. The van der Waals surface area contributed by atoms with Crippen molar-refractivity contribution in [3.8, 4) is 11.5 Å². The number of nitrogens with zero attached hydrogens (tertiary/aromatic N) is 2. The molecule has 3 aromatic rings. The van der Waals surface area contributed by atoms with Gasteiger partial charge in [0.1, 0.15) is 18.8 Å². The van der Waals surface area contributed by atoms with Gasteiger partial charge in [-0.15, -0.1) is 6.58 Å². The van der Waals surface area contributed by atoms with Crippen molar-refractivity contribution in [1.82, 2.24) is 10.2 Å². The third kappa shape index (κ3) is 7.45. The molecule has 11 heteroatoms. The lowest BCUT2D eigenvalue weighted by molar-refractivity contribution is -0.384. The third-order valence-corrected chi connectivity index (χ3v) is 6.57. The highest BCUT2D eigenvalue weighted by atomic mass is 16.6. The topological polar surface area (TPSA) is 140 Å². The summed E-state index contributed by atoms with van der Waals surface area (Å²) in [5, 5.41) is 16.5. The molecule has 0 bridgehead atoms.